The molecule has 1 aromatic heterocycles. The molecule has 0 radical (unpaired) electrons. The maximum absolute atomic E-state index is 12.7. The molecule has 6 nitrogen and oxygen atoms in total. The van der Waals surface area contributed by atoms with Gasteiger partial charge in [0.1, 0.15) is 25.6 Å². The molecule has 7 heteroatoms. The van der Waals surface area contributed by atoms with Crippen molar-refractivity contribution >= 4 is 22.7 Å². The summed E-state index contributed by atoms with van der Waals surface area (Å²) in [6.45, 7) is 1.07. The van der Waals surface area contributed by atoms with Gasteiger partial charge in [0.2, 0.25) is 0 Å². The van der Waals surface area contributed by atoms with Crippen LogP contribution in [0.5, 0.6) is 11.5 Å². The highest BCUT2D eigenvalue weighted by atomic mass is 32.2. The smallest absolute Gasteiger partial charge is 0.262 e. The zero-order valence-electron chi connectivity index (χ0n) is 13.8. The second-order valence-electron chi connectivity index (χ2n) is 5.69. The van der Waals surface area contributed by atoms with Crippen LogP contribution in [0.3, 0.4) is 0 Å². The monoisotopic (exact) mass is 365 g/mol. The van der Waals surface area contributed by atoms with Crippen LogP contribution in [0.25, 0.3) is 10.9 Å². The summed E-state index contributed by atoms with van der Waals surface area (Å²) in [5.74, 6) is 2.52. The molecular weight excluding hydrogens is 350 g/mol. The lowest BCUT2D eigenvalue weighted by molar-refractivity contribution is 0.171. The third kappa shape index (κ3) is 3.11. The number of hydrogen-bond donors (Lipinski definition) is 0. The van der Waals surface area contributed by atoms with Gasteiger partial charge >= 0.3 is 0 Å². The zero-order valence-corrected chi connectivity index (χ0v) is 14.7. The van der Waals surface area contributed by atoms with Crippen LogP contribution in [0.1, 0.15) is 5.82 Å². The van der Waals surface area contributed by atoms with E-state index in [1.54, 1.807) is 12.1 Å². The minimum atomic E-state index is -0.185. The molecule has 130 valence electrons. The van der Waals surface area contributed by atoms with Crippen LogP contribution in [0.4, 0.5) is 0 Å². The number of thioether (sulfide) groups is 1. The molecule has 2 aromatic carbocycles. The summed E-state index contributed by atoms with van der Waals surface area (Å²) in [6, 6.07) is 15.0. The summed E-state index contributed by atoms with van der Waals surface area (Å²) in [5, 5.41) is 9.61. The molecule has 0 atom stereocenters. The van der Waals surface area contributed by atoms with Crippen molar-refractivity contribution in [2.75, 3.05) is 13.2 Å². The lowest BCUT2D eigenvalue weighted by atomic mass is 10.2. The summed E-state index contributed by atoms with van der Waals surface area (Å²) < 4.78 is 12.6. The summed E-state index contributed by atoms with van der Waals surface area (Å²) in [7, 11) is 0. The van der Waals surface area contributed by atoms with Gasteiger partial charge in [-0.15, -0.1) is 11.8 Å². The second kappa shape index (κ2) is 7.10. The van der Waals surface area contributed by atoms with E-state index < -0.39 is 0 Å². The van der Waals surface area contributed by atoms with E-state index in [9.17, 15) is 4.79 Å². The molecule has 26 heavy (non-hydrogen) atoms. The van der Waals surface area contributed by atoms with Gasteiger partial charge in [0.05, 0.1) is 22.7 Å². The fraction of sp³-hybridized carbons (Fsp3) is 0.211. The highest BCUT2D eigenvalue weighted by Gasteiger charge is 2.14. The predicted molar refractivity (Wildman–Crippen MR) is 98.6 cm³/mol. The fourth-order valence-corrected chi connectivity index (χ4v) is 3.69. The van der Waals surface area contributed by atoms with E-state index in [1.165, 1.54) is 16.3 Å². The first-order valence-corrected chi connectivity index (χ1v) is 9.12. The van der Waals surface area contributed by atoms with Crippen LogP contribution in [0, 0.1) is 11.3 Å². The van der Waals surface area contributed by atoms with Gasteiger partial charge in [-0.1, -0.05) is 12.1 Å². The van der Waals surface area contributed by atoms with Crippen LogP contribution >= 0.6 is 11.8 Å². The lowest BCUT2D eigenvalue weighted by Crippen LogP contribution is -2.24. The molecule has 0 N–H and O–H groups in total. The summed E-state index contributed by atoms with van der Waals surface area (Å²) >= 11 is 1.54. The maximum atomic E-state index is 12.7. The number of nitrogens with zero attached hydrogens (tertiary/aromatic N) is 3. The number of fused-ring (bicyclic) bond motifs is 2. The topological polar surface area (TPSA) is 77.1 Å². The Morgan fingerprint density at radius 3 is 2.81 bits per heavy atom. The molecule has 0 unspecified atom stereocenters. The Kier molecular flexibility index (Phi) is 4.50. The van der Waals surface area contributed by atoms with Crippen molar-refractivity contribution in [2.24, 2.45) is 0 Å². The van der Waals surface area contributed by atoms with Gasteiger partial charge in [-0.2, -0.15) is 5.26 Å². The Balaban J connectivity index is 1.65. The normalized spacial score (nSPS) is 12.7. The maximum Gasteiger partial charge on any atom is 0.262 e. The van der Waals surface area contributed by atoms with Crippen molar-refractivity contribution in [1.29, 1.82) is 5.26 Å². The average Bonchev–Trinajstić information content (AvgIpc) is 2.69. The third-order valence-corrected chi connectivity index (χ3v) is 5.04. The fourth-order valence-electron chi connectivity index (χ4n) is 2.82. The van der Waals surface area contributed by atoms with Gasteiger partial charge < -0.3 is 9.47 Å². The summed E-state index contributed by atoms with van der Waals surface area (Å²) in [4.78, 5) is 18.2. The van der Waals surface area contributed by atoms with Crippen molar-refractivity contribution in [1.82, 2.24) is 9.55 Å². The van der Waals surface area contributed by atoms with Crippen molar-refractivity contribution in [3.05, 3.63) is 58.6 Å². The highest BCUT2D eigenvalue weighted by Crippen LogP contribution is 2.35. The van der Waals surface area contributed by atoms with E-state index in [-0.39, 0.29) is 12.1 Å². The zero-order chi connectivity index (χ0) is 17.9. The molecular formula is C19H15N3O3S. The number of rotatable bonds is 4. The van der Waals surface area contributed by atoms with Gasteiger partial charge in [0.25, 0.3) is 5.56 Å². The van der Waals surface area contributed by atoms with E-state index in [4.69, 9.17) is 14.7 Å². The third-order valence-electron chi connectivity index (χ3n) is 4.05. The number of hydrogen-bond acceptors (Lipinski definition) is 6. The first-order valence-electron chi connectivity index (χ1n) is 8.14. The summed E-state index contributed by atoms with van der Waals surface area (Å²) in [6.07, 6.45) is 0. The van der Waals surface area contributed by atoms with E-state index in [0.29, 0.717) is 35.7 Å². The van der Waals surface area contributed by atoms with Gasteiger partial charge in [0.15, 0.2) is 11.5 Å². The van der Waals surface area contributed by atoms with Crippen molar-refractivity contribution in [2.45, 2.75) is 17.2 Å². The number of ether oxygens (including phenoxy) is 2. The largest absolute Gasteiger partial charge is 0.486 e. The molecule has 1 aliphatic rings. The second-order valence-corrected chi connectivity index (χ2v) is 6.74. The van der Waals surface area contributed by atoms with E-state index in [2.05, 4.69) is 4.98 Å². The number of aromatic nitrogens is 2. The Hall–Kier alpha value is -2.98. The quantitative estimate of drug-likeness (QED) is 0.662. The van der Waals surface area contributed by atoms with Crippen LogP contribution in [0.2, 0.25) is 0 Å². The van der Waals surface area contributed by atoms with E-state index in [1.807, 2.05) is 36.4 Å². The molecule has 0 aliphatic carbocycles. The van der Waals surface area contributed by atoms with Gasteiger partial charge in [-0.05, 0) is 30.3 Å². The first kappa shape index (κ1) is 16.5. The predicted octanol–water partition coefficient (Wildman–Crippen LogP) is 2.98. The molecule has 0 bridgehead atoms. The average molecular weight is 365 g/mol. The van der Waals surface area contributed by atoms with Crippen LogP contribution in [0.15, 0.2) is 52.2 Å². The molecule has 0 spiro atoms. The molecule has 3 aromatic rings. The number of nitriles is 1. The Morgan fingerprint density at radius 2 is 1.96 bits per heavy atom. The highest BCUT2D eigenvalue weighted by molar-refractivity contribution is 7.98. The van der Waals surface area contributed by atoms with Gasteiger partial charge in [-0.25, -0.2) is 4.98 Å². The minimum Gasteiger partial charge on any atom is -0.486 e. The Labute approximate surface area is 154 Å². The lowest BCUT2D eigenvalue weighted by Gasteiger charge is -2.18. The number of para-hydroxylation sites is 1. The van der Waals surface area contributed by atoms with E-state index in [0.717, 1.165) is 16.4 Å². The Bertz CT molecular complexity index is 1070. The molecule has 0 saturated heterocycles. The van der Waals surface area contributed by atoms with Crippen molar-refractivity contribution in [3.8, 4) is 17.6 Å². The standard InChI is InChI=1S/C19H15N3O3S/c20-7-8-22-18(21-15-4-2-1-3-14(15)19(22)23)12-26-13-5-6-16-17(11-13)25-10-9-24-16/h1-6,11H,8-10,12H2. The van der Waals surface area contributed by atoms with Gasteiger partial charge in [0, 0.05) is 4.90 Å². The first-order chi connectivity index (χ1) is 12.8. The van der Waals surface area contributed by atoms with Crippen molar-refractivity contribution in [3.63, 3.8) is 0 Å². The van der Waals surface area contributed by atoms with Gasteiger partial charge in [-0.3, -0.25) is 9.36 Å². The van der Waals surface area contributed by atoms with Crippen LogP contribution < -0.4 is 15.0 Å². The molecule has 4 rings (SSSR count). The molecule has 1 aliphatic heterocycles. The van der Waals surface area contributed by atoms with Crippen LogP contribution in [-0.2, 0) is 12.3 Å². The Morgan fingerprint density at radius 1 is 1.15 bits per heavy atom. The molecule has 2 heterocycles. The summed E-state index contributed by atoms with van der Waals surface area (Å²) in [5.41, 5.74) is 0.458. The molecule has 0 fully saturated rings. The minimum absolute atomic E-state index is 0.0201. The van der Waals surface area contributed by atoms with E-state index >= 15 is 0 Å². The van der Waals surface area contributed by atoms with Crippen molar-refractivity contribution < 1.29 is 9.47 Å². The van der Waals surface area contributed by atoms with Crippen LogP contribution in [-0.4, -0.2) is 22.8 Å². The molecule has 0 amide bonds. The number of benzene rings is 2. The SMILES string of the molecule is N#CCn1c(CSc2ccc3c(c2)OCCO3)nc2ccccc2c1=O. The molecule has 0 saturated carbocycles.